The molecule has 4 rings (SSSR count). The van der Waals surface area contributed by atoms with Crippen LogP contribution in [0.15, 0.2) is 66.9 Å². The van der Waals surface area contributed by atoms with Crippen molar-refractivity contribution in [2.45, 2.75) is 38.5 Å². The van der Waals surface area contributed by atoms with E-state index in [1.807, 2.05) is 47.4 Å². The minimum atomic E-state index is -0.987. The first-order valence-corrected chi connectivity index (χ1v) is 11.7. The second-order valence-corrected chi connectivity index (χ2v) is 8.78. The number of nitrogens with one attached hydrogen (secondary N) is 2. The lowest BCUT2D eigenvalue weighted by Gasteiger charge is -2.39. The zero-order chi connectivity index (χ0) is 24.9. The van der Waals surface area contributed by atoms with Crippen LogP contribution in [0.1, 0.15) is 42.2 Å². The third-order valence-corrected chi connectivity index (χ3v) is 6.20. The third kappa shape index (κ3) is 5.50. The number of aliphatic hydroxyl groups excluding tert-OH is 2. The van der Waals surface area contributed by atoms with Crippen LogP contribution in [0.5, 0.6) is 0 Å². The molecular weight excluding hydrogens is 444 g/mol. The van der Waals surface area contributed by atoms with Gasteiger partial charge in [-0.15, -0.1) is 0 Å². The van der Waals surface area contributed by atoms with Crippen molar-refractivity contribution in [3.63, 3.8) is 0 Å². The Balaban J connectivity index is 1.62. The molecule has 35 heavy (non-hydrogen) atoms. The van der Waals surface area contributed by atoms with Crippen molar-refractivity contribution in [1.82, 2.24) is 10.3 Å². The Morgan fingerprint density at radius 1 is 1.11 bits per heavy atom. The Labute approximate surface area is 204 Å². The topological polar surface area (TPSA) is 115 Å². The zero-order valence-corrected chi connectivity index (χ0v) is 19.8. The van der Waals surface area contributed by atoms with Crippen LogP contribution in [-0.4, -0.2) is 52.3 Å². The Morgan fingerprint density at radius 2 is 1.86 bits per heavy atom. The van der Waals surface area contributed by atoms with E-state index >= 15 is 0 Å². The van der Waals surface area contributed by atoms with Crippen molar-refractivity contribution in [3.05, 3.63) is 78.0 Å². The normalized spacial score (nSPS) is 17.9. The number of carbonyl (C=O) groups is 2. The molecule has 8 nitrogen and oxygen atoms in total. The molecule has 8 heteroatoms. The Hall–Kier alpha value is -3.75. The average Bonchev–Trinajstić information content (AvgIpc) is 2.87. The fraction of sp³-hybridized carbons (Fsp3) is 0.296. The molecule has 182 valence electrons. The lowest BCUT2D eigenvalue weighted by Crippen LogP contribution is -2.43. The SMILES string of the molecule is CC(=O)N1c2ccc(-c3ccc(C(=O)NC[C@H](O)CO)cc3)cc2[C@H](Nc2ccccn2)C[C@@H]1C. The predicted octanol–water partition coefficient (Wildman–Crippen LogP) is 3.13. The number of aromatic nitrogens is 1. The molecular formula is C27H30N4O4. The standard InChI is InChI=1S/C27H30N4O4/c1-17-13-24(30-26-5-3-4-12-28-26)23-14-21(10-11-25(23)31(17)18(2)33)19-6-8-20(9-7-19)27(35)29-15-22(34)16-32/h3-12,14,17,22,24,32,34H,13,15-16H2,1-2H3,(H,28,30)(H,29,35)/t17-,22-,24+/m0/s1. The van der Waals surface area contributed by atoms with Gasteiger partial charge in [0.1, 0.15) is 5.82 Å². The lowest BCUT2D eigenvalue weighted by atomic mass is 9.89. The minimum absolute atomic E-state index is 0.00414. The molecule has 3 aromatic rings. The van der Waals surface area contributed by atoms with Gasteiger partial charge < -0.3 is 25.7 Å². The van der Waals surface area contributed by atoms with E-state index in [1.54, 1.807) is 25.3 Å². The fourth-order valence-corrected chi connectivity index (χ4v) is 4.48. The summed E-state index contributed by atoms with van der Waals surface area (Å²) >= 11 is 0. The summed E-state index contributed by atoms with van der Waals surface area (Å²) in [5.41, 5.74) is 4.26. The molecule has 2 aromatic carbocycles. The number of aliphatic hydroxyl groups is 2. The van der Waals surface area contributed by atoms with Crippen molar-refractivity contribution < 1.29 is 19.8 Å². The predicted molar refractivity (Wildman–Crippen MR) is 135 cm³/mol. The number of rotatable bonds is 7. The summed E-state index contributed by atoms with van der Waals surface area (Å²) < 4.78 is 0. The van der Waals surface area contributed by atoms with E-state index < -0.39 is 12.7 Å². The molecule has 0 bridgehead atoms. The van der Waals surface area contributed by atoms with Crippen molar-refractivity contribution in [2.75, 3.05) is 23.4 Å². The number of fused-ring (bicyclic) bond motifs is 1. The fourth-order valence-electron chi connectivity index (χ4n) is 4.48. The maximum absolute atomic E-state index is 12.4. The largest absolute Gasteiger partial charge is 0.394 e. The highest BCUT2D eigenvalue weighted by Gasteiger charge is 2.32. The average molecular weight is 475 g/mol. The number of pyridine rings is 1. The Morgan fingerprint density at radius 3 is 2.51 bits per heavy atom. The van der Waals surface area contributed by atoms with Gasteiger partial charge in [-0.05, 0) is 66.4 Å². The van der Waals surface area contributed by atoms with Crippen LogP contribution < -0.4 is 15.5 Å². The number of carbonyl (C=O) groups excluding carboxylic acids is 2. The number of hydrogen-bond donors (Lipinski definition) is 4. The summed E-state index contributed by atoms with van der Waals surface area (Å²) in [5, 5.41) is 24.4. The molecule has 0 aliphatic carbocycles. The maximum atomic E-state index is 12.4. The number of benzene rings is 2. The highest BCUT2D eigenvalue weighted by atomic mass is 16.3. The second kappa shape index (κ2) is 10.7. The molecule has 0 saturated heterocycles. The van der Waals surface area contributed by atoms with Gasteiger partial charge >= 0.3 is 0 Å². The van der Waals surface area contributed by atoms with E-state index in [4.69, 9.17) is 5.11 Å². The van der Waals surface area contributed by atoms with Crippen LogP contribution in [0.3, 0.4) is 0 Å². The first-order chi connectivity index (χ1) is 16.9. The molecule has 0 saturated carbocycles. The van der Waals surface area contributed by atoms with E-state index in [1.165, 1.54) is 0 Å². The van der Waals surface area contributed by atoms with Gasteiger partial charge in [0.15, 0.2) is 0 Å². The molecule has 0 unspecified atom stereocenters. The minimum Gasteiger partial charge on any atom is -0.394 e. The van der Waals surface area contributed by atoms with Gasteiger partial charge in [-0.25, -0.2) is 4.98 Å². The van der Waals surface area contributed by atoms with E-state index in [0.717, 1.165) is 34.6 Å². The lowest BCUT2D eigenvalue weighted by molar-refractivity contribution is -0.117. The van der Waals surface area contributed by atoms with Crippen molar-refractivity contribution in [2.24, 2.45) is 0 Å². The van der Waals surface area contributed by atoms with Gasteiger partial charge in [-0.1, -0.05) is 24.3 Å². The number of anilines is 2. The Bertz CT molecular complexity index is 1180. The van der Waals surface area contributed by atoms with Gasteiger partial charge in [0.05, 0.1) is 18.8 Å². The summed E-state index contributed by atoms with van der Waals surface area (Å²) in [6, 6.07) is 19.0. The van der Waals surface area contributed by atoms with Crippen molar-refractivity contribution in [3.8, 4) is 11.1 Å². The maximum Gasteiger partial charge on any atom is 0.251 e. The van der Waals surface area contributed by atoms with E-state index in [9.17, 15) is 14.7 Å². The quantitative estimate of drug-likeness (QED) is 0.418. The molecule has 2 amide bonds. The first kappa shape index (κ1) is 24.4. The van der Waals surface area contributed by atoms with Crippen LogP contribution in [0.25, 0.3) is 11.1 Å². The van der Waals surface area contributed by atoms with Gasteiger partial charge in [0, 0.05) is 37.0 Å². The van der Waals surface area contributed by atoms with Gasteiger partial charge in [-0.2, -0.15) is 0 Å². The highest BCUT2D eigenvalue weighted by molar-refractivity contribution is 5.95. The molecule has 4 N–H and O–H groups in total. The number of nitrogens with zero attached hydrogens (tertiary/aromatic N) is 2. The van der Waals surface area contributed by atoms with Crippen molar-refractivity contribution >= 4 is 23.3 Å². The molecule has 1 aliphatic rings. The zero-order valence-electron chi connectivity index (χ0n) is 19.8. The summed E-state index contributed by atoms with van der Waals surface area (Å²) in [6.45, 7) is 3.21. The summed E-state index contributed by atoms with van der Waals surface area (Å²) in [7, 11) is 0. The molecule has 0 radical (unpaired) electrons. The van der Waals surface area contributed by atoms with E-state index in [-0.39, 0.29) is 30.4 Å². The molecule has 1 aromatic heterocycles. The monoisotopic (exact) mass is 474 g/mol. The first-order valence-electron chi connectivity index (χ1n) is 11.7. The third-order valence-electron chi connectivity index (χ3n) is 6.20. The number of amides is 2. The molecule has 1 aliphatic heterocycles. The van der Waals surface area contributed by atoms with Crippen LogP contribution in [-0.2, 0) is 4.79 Å². The summed E-state index contributed by atoms with van der Waals surface area (Å²) in [5.74, 6) is 0.462. The van der Waals surface area contributed by atoms with Crippen LogP contribution >= 0.6 is 0 Å². The van der Waals surface area contributed by atoms with Crippen molar-refractivity contribution in [1.29, 1.82) is 0 Å². The molecule has 0 spiro atoms. The van der Waals surface area contributed by atoms with Gasteiger partial charge in [0.2, 0.25) is 5.91 Å². The van der Waals surface area contributed by atoms with Gasteiger partial charge in [0.25, 0.3) is 5.91 Å². The second-order valence-electron chi connectivity index (χ2n) is 8.78. The molecule has 0 fully saturated rings. The smallest absolute Gasteiger partial charge is 0.251 e. The summed E-state index contributed by atoms with van der Waals surface area (Å²) in [6.07, 6.45) is 1.50. The van der Waals surface area contributed by atoms with Crippen LogP contribution in [0.4, 0.5) is 11.5 Å². The molecule has 3 atom stereocenters. The Kier molecular flexibility index (Phi) is 7.43. The van der Waals surface area contributed by atoms with E-state index in [2.05, 4.69) is 28.6 Å². The van der Waals surface area contributed by atoms with Gasteiger partial charge in [-0.3, -0.25) is 9.59 Å². The summed E-state index contributed by atoms with van der Waals surface area (Å²) in [4.78, 5) is 31.0. The molecule has 2 heterocycles. The van der Waals surface area contributed by atoms with E-state index in [0.29, 0.717) is 5.56 Å². The van der Waals surface area contributed by atoms with Crippen LogP contribution in [0, 0.1) is 0 Å². The van der Waals surface area contributed by atoms with Crippen LogP contribution in [0.2, 0.25) is 0 Å². The highest BCUT2D eigenvalue weighted by Crippen LogP contribution is 2.41. The number of hydrogen-bond acceptors (Lipinski definition) is 6.